The summed E-state index contributed by atoms with van der Waals surface area (Å²) in [5.41, 5.74) is 2.44. The summed E-state index contributed by atoms with van der Waals surface area (Å²) in [6.45, 7) is 0. The van der Waals surface area contributed by atoms with Crippen molar-refractivity contribution in [3.8, 4) is 0 Å². The molecule has 4 heterocycles. The molecule has 4 aromatic rings. The Hall–Kier alpha value is -4.04. The SMILES string of the molecule is COC(=O)c1cnc(CC(=O)C(CC2CCCC2)n2cc(CC3CC3)cn2)s1.O=C(O)c1cnc(CC(=O)C(CC2CCCC2)n2cc(CC3CC3)cn2)s1. The summed E-state index contributed by atoms with van der Waals surface area (Å²) < 4.78 is 8.47. The van der Waals surface area contributed by atoms with Crippen LogP contribution in [-0.4, -0.2) is 65.3 Å². The van der Waals surface area contributed by atoms with E-state index in [4.69, 9.17) is 9.84 Å². The molecular formula is C41H52N6O6S2. The number of carbonyl (C=O) groups is 4. The van der Waals surface area contributed by atoms with Gasteiger partial charge in [-0.3, -0.25) is 19.0 Å². The molecule has 0 amide bonds. The quantitative estimate of drug-likeness (QED) is 0.0982. The van der Waals surface area contributed by atoms with Crippen molar-refractivity contribution in [2.45, 2.75) is 128 Å². The van der Waals surface area contributed by atoms with Crippen molar-refractivity contribution in [3.05, 3.63) is 68.1 Å². The maximum Gasteiger partial charge on any atom is 0.349 e. The van der Waals surface area contributed by atoms with E-state index in [2.05, 4.69) is 26.4 Å². The molecule has 4 aromatic heterocycles. The number of carbonyl (C=O) groups excluding carboxylic acids is 3. The number of methoxy groups -OCH3 is 1. The highest BCUT2D eigenvalue weighted by Gasteiger charge is 2.31. The Morgan fingerprint density at radius 1 is 0.673 bits per heavy atom. The largest absolute Gasteiger partial charge is 0.477 e. The maximum absolute atomic E-state index is 13.2. The van der Waals surface area contributed by atoms with E-state index in [9.17, 15) is 19.2 Å². The van der Waals surface area contributed by atoms with Gasteiger partial charge in [0.15, 0.2) is 11.6 Å². The molecule has 0 spiro atoms. The molecule has 12 nitrogen and oxygen atoms in total. The molecule has 14 heteroatoms. The van der Waals surface area contributed by atoms with Crippen LogP contribution in [0.2, 0.25) is 0 Å². The highest BCUT2D eigenvalue weighted by molar-refractivity contribution is 7.14. The van der Waals surface area contributed by atoms with Crippen LogP contribution in [0.3, 0.4) is 0 Å². The van der Waals surface area contributed by atoms with Crippen LogP contribution in [-0.2, 0) is 40.0 Å². The topological polar surface area (TPSA) is 159 Å². The molecule has 0 saturated heterocycles. The van der Waals surface area contributed by atoms with Crippen molar-refractivity contribution in [3.63, 3.8) is 0 Å². The van der Waals surface area contributed by atoms with Crippen molar-refractivity contribution in [2.24, 2.45) is 23.7 Å². The maximum atomic E-state index is 13.2. The Kier molecular flexibility index (Phi) is 13.0. The van der Waals surface area contributed by atoms with Gasteiger partial charge in [-0.1, -0.05) is 51.4 Å². The molecule has 8 rings (SSSR count). The number of Topliss-reactive ketones (excluding diaryl/α,β-unsaturated/α-hetero) is 2. The minimum absolute atomic E-state index is 0.0780. The van der Waals surface area contributed by atoms with Crippen molar-refractivity contribution in [1.82, 2.24) is 29.5 Å². The first-order valence-electron chi connectivity index (χ1n) is 20.0. The summed E-state index contributed by atoms with van der Waals surface area (Å²) in [7, 11) is 1.35. The molecule has 0 radical (unpaired) electrons. The van der Waals surface area contributed by atoms with Crippen LogP contribution < -0.4 is 0 Å². The lowest BCUT2D eigenvalue weighted by molar-refractivity contribution is -0.123. The summed E-state index contributed by atoms with van der Waals surface area (Å²) >= 11 is 2.32. The molecule has 55 heavy (non-hydrogen) atoms. The standard InChI is InChI=1S/C21H27N3O3S.C20H25N3O3S/c1-27-21(26)19-12-22-20(28-19)10-18(25)17(9-14-4-2-3-5-14)24-13-16(11-23-24)8-15-6-7-15;24-17(9-19-21-11-18(27-19)20(25)26)16(8-13-3-1-2-4-13)23-12-15(10-22-23)7-14-5-6-14/h11-15,17H,2-10H2,1H3;10-14,16H,1-9H2,(H,25,26). The van der Waals surface area contributed by atoms with Gasteiger partial charge in [-0.2, -0.15) is 10.2 Å². The zero-order chi connectivity index (χ0) is 38.3. The van der Waals surface area contributed by atoms with Crippen LogP contribution >= 0.6 is 22.7 Å². The molecule has 1 N–H and O–H groups in total. The van der Waals surface area contributed by atoms with Gasteiger partial charge in [-0.25, -0.2) is 19.6 Å². The monoisotopic (exact) mass is 788 g/mol. The molecule has 0 aromatic carbocycles. The molecule has 2 atom stereocenters. The van der Waals surface area contributed by atoms with E-state index in [1.165, 1.54) is 119 Å². The zero-order valence-corrected chi connectivity index (χ0v) is 33.3. The van der Waals surface area contributed by atoms with Crippen LogP contribution in [0.25, 0.3) is 0 Å². The van der Waals surface area contributed by atoms with Crippen LogP contribution in [0.1, 0.15) is 142 Å². The molecule has 4 aliphatic rings. The van der Waals surface area contributed by atoms with Crippen LogP contribution in [0.5, 0.6) is 0 Å². The summed E-state index contributed by atoms with van der Waals surface area (Å²) in [4.78, 5) is 57.9. The minimum atomic E-state index is -0.995. The van der Waals surface area contributed by atoms with E-state index in [1.807, 2.05) is 28.0 Å². The van der Waals surface area contributed by atoms with Crippen LogP contribution in [0.4, 0.5) is 0 Å². The fourth-order valence-corrected chi connectivity index (χ4v) is 9.74. The second-order valence-corrected chi connectivity index (χ2v) is 18.3. The van der Waals surface area contributed by atoms with Gasteiger partial charge in [0.2, 0.25) is 0 Å². The number of hydrogen-bond acceptors (Lipinski definition) is 11. The number of rotatable bonds is 18. The third-order valence-corrected chi connectivity index (χ3v) is 13.5. The average molecular weight is 789 g/mol. The first-order valence-corrected chi connectivity index (χ1v) is 21.7. The Balaban J connectivity index is 0.000000169. The highest BCUT2D eigenvalue weighted by Crippen LogP contribution is 2.37. The minimum Gasteiger partial charge on any atom is -0.477 e. The lowest BCUT2D eigenvalue weighted by Crippen LogP contribution is -2.24. The third-order valence-electron chi connectivity index (χ3n) is 11.6. The van der Waals surface area contributed by atoms with Crippen molar-refractivity contribution >= 4 is 46.2 Å². The van der Waals surface area contributed by atoms with Gasteiger partial charge in [-0.15, -0.1) is 22.7 Å². The number of aromatic carboxylic acids is 1. The molecule has 4 fully saturated rings. The molecule has 294 valence electrons. The van der Waals surface area contributed by atoms with Gasteiger partial charge in [0.25, 0.3) is 0 Å². The van der Waals surface area contributed by atoms with Crippen molar-refractivity contribution in [1.29, 1.82) is 0 Å². The fourth-order valence-electron chi connectivity index (χ4n) is 8.13. The number of ketones is 2. The first-order chi connectivity index (χ1) is 26.7. The number of hydrogen-bond donors (Lipinski definition) is 1. The predicted molar refractivity (Wildman–Crippen MR) is 208 cm³/mol. The smallest absolute Gasteiger partial charge is 0.349 e. The number of carboxylic acids is 1. The summed E-state index contributed by atoms with van der Waals surface area (Å²) in [5.74, 6) is 1.55. The number of nitrogens with zero attached hydrogens (tertiary/aromatic N) is 6. The van der Waals surface area contributed by atoms with Gasteiger partial charge in [0.1, 0.15) is 31.9 Å². The van der Waals surface area contributed by atoms with E-state index < -0.39 is 11.9 Å². The van der Waals surface area contributed by atoms with E-state index >= 15 is 0 Å². The zero-order valence-electron chi connectivity index (χ0n) is 31.6. The van der Waals surface area contributed by atoms with Gasteiger partial charge in [0, 0.05) is 12.4 Å². The lowest BCUT2D eigenvalue weighted by atomic mass is 9.95. The summed E-state index contributed by atoms with van der Waals surface area (Å²) in [6, 6.07) is -0.528. The summed E-state index contributed by atoms with van der Waals surface area (Å²) in [5, 5.41) is 19.4. The Morgan fingerprint density at radius 3 is 1.51 bits per heavy atom. The second kappa shape index (κ2) is 18.3. The molecular weight excluding hydrogens is 737 g/mol. The number of esters is 1. The Morgan fingerprint density at radius 2 is 1.11 bits per heavy atom. The molecule has 0 bridgehead atoms. The fraction of sp³-hybridized carbons (Fsp3) is 0.610. The normalized spacial score (nSPS) is 18.5. The molecule has 4 saturated carbocycles. The van der Waals surface area contributed by atoms with E-state index in [0.29, 0.717) is 26.7 Å². The number of aromatic nitrogens is 6. The van der Waals surface area contributed by atoms with E-state index in [0.717, 1.165) is 48.9 Å². The molecule has 0 aliphatic heterocycles. The van der Waals surface area contributed by atoms with Crippen LogP contribution in [0.15, 0.2) is 37.2 Å². The van der Waals surface area contributed by atoms with Gasteiger partial charge in [0.05, 0.1) is 44.7 Å². The number of thiazole rings is 2. The molecule has 4 aliphatic carbocycles. The summed E-state index contributed by atoms with van der Waals surface area (Å²) in [6.07, 6.45) is 29.9. The van der Waals surface area contributed by atoms with Gasteiger partial charge in [-0.05, 0) is 86.2 Å². The van der Waals surface area contributed by atoms with E-state index in [-0.39, 0.29) is 41.4 Å². The van der Waals surface area contributed by atoms with Crippen molar-refractivity contribution in [2.75, 3.05) is 7.11 Å². The van der Waals surface area contributed by atoms with Gasteiger partial charge < -0.3 is 9.84 Å². The third kappa shape index (κ3) is 11.1. The Bertz CT molecular complexity index is 1930. The predicted octanol–water partition coefficient (Wildman–Crippen LogP) is 7.94. The number of carboxylic acid groups (broad SMARTS) is 1. The molecule has 2 unspecified atom stereocenters. The lowest BCUT2D eigenvalue weighted by Gasteiger charge is -2.20. The average Bonchev–Trinajstić information content (AvgIpc) is 3.68. The van der Waals surface area contributed by atoms with E-state index in [1.54, 1.807) is 0 Å². The second-order valence-electron chi connectivity index (χ2n) is 16.1. The van der Waals surface area contributed by atoms with Crippen LogP contribution in [0, 0.1) is 23.7 Å². The number of ether oxygens (including phenoxy) is 1. The van der Waals surface area contributed by atoms with Gasteiger partial charge >= 0.3 is 11.9 Å². The highest BCUT2D eigenvalue weighted by atomic mass is 32.1. The first kappa shape index (κ1) is 39.2. The Labute approximate surface area is 330 Å². The van der Waals surface area contributed by atoms with Crippen molar-refractivity contribution < 1.29 is 29.0 Å².